The number of aromatic nitrogens is 2. The van der Waals surface area contributed by atoms with Crippen LogP contribution >= 0.6 is 0 Å². The Bertz CT molecular complexity index is 675. The Kier molecular flexibility index (Phi) is 3.46. The topological polar surface area (TPSA) is 70.1 Å². The van der Waals surface area contributed by atoms with E-state index in [0.29, 0.717) is 12.1 Å². The minimum absolute atomic E-state index is 0.102. The highest BCUT2D eigenvalue weighted by molar-refractivity contribution is 5.35. The Hall–Kier alpha value is -2.44. The summed E-state index contributed by atoms with van der Waals surface area (Å²) >= 11 is 0. The maximum absolute atomic E-state index is 13.3. The van der Waals surface area contributed by atoms with Crippen molar-refractivity contribution in [2.75, 3.05) is 0 Å². The predicted molar refractivity (Wildman–Crippen MR) is 66.5 cm³/mol. The summed E-state index contributed by atoms with van der Waals surface area (Å²) in [4.78, 5) is 21.8. The fourth-order valence-electron chi connectivity index (χ4n) is 1.84. The predicted octanol–water partition coefficient (Wildman–Crippen LogP) is 1.77. The van der Waals surface area contributed by atoms with Gasteiger partial charge in [-0.05, 0) is 18.6 Å². The van der Waals surface area contributed by atoms with Crippen molar-refractivity contribution < 1.29 is 9.31 Å². The molecule has 0 bridgehead atoms. The van der Waals surface area contributed by atoms with Crippen molar-refractivity contribution in [2.45, 2.75) is 20.0 Å². The SMILES string of the molecule is CCn1ccn(Cc2cc(F)cc([N+](=O)[O-])c2)c1=O. The van der Waals surface area contributed by atoms with E-state index in [0.717, 1.165) is 6.07 Å². The first-order valence-corrected chi connectivity index (χ1v) is 5.70. The second-order valence-corrected chi connectivity index (χ2v) is 4.07. The number of aryl methyl sites for hydroxylation is 1. The van der Waals surface area contributed by atoms with Crippen LogP contribution in [-0.4, -0.2) is 14.1 Å². The Morgan fingerprint density at radius 1 is 1.26 bits per heavy atom. The van der Waals surface area contributed by atoms with Gasteiger partial charge >= 0.3 is 5.69 Å². The summed E-state index contributed by atoms with van der Waals surface area (Å²) in [7, 11) is 0. The quantitative estimate of drug-likeness (QED) is 0.624. The average molecular weight is 265 g/mol. The lowest BCUT2D eigenvalue weighted by Crippen LogP contribution is -2.23. The molecule has 2 aromatic rings. The molecule has 0 aliphatic rings. The van der Waals surface area contributed by atoms with Gasteiger partial charge in [0.1, 0.15) is 5.82 Å². The van der Waals surface area contributed by atoms with Gasteiger partial charge in [-0.2, -0.15) is 0 Å². The van der Waals surface area contributed by atoms with Gasteiger partial charge in [-0.1, -0.05) is 0 Å². The van der Waals surface area contributed by atoms with E-state index in [9.17, 15) is 19.3 Å². The molecule has 0 fully saturated rings. The molecule has 0 amide bonds. The van der Waals surface area contributed by atoms with Crippen LogP contribution in [0, 0.1) is 15.9 Å². The van der Waals surface area contributed by atoms with E-state index >= 15 is 0 Å². The Balaban J connectivity index is 2.35. The first kappa shape index (κ1) is 13.0. The second-order valence-electron chi connectivity index (χ2n) is 4.07. The second kappa shape index (κ2) is 5.05. The molecule has 19 heavy (non-hydrogen) atoms. The normalized spacial score (nSPS) is 10.6. The van der Waals surface area contributed by atoms with Gasteiger partial charge in [-0.3, -0.25) is 19.2 Å². The third-order valence-electron chi connectivity index (χ3n) is 2.76. The van der Waals surface area contributed by atoms with Gasteiger partial charge in [0.25, 0.3) is 5.69 Å². The van der Waals surface area contributed by atoms with Crippen molar-refractivity contribution in [3.8, 4) is 0 Å². The molecule has 0 aliphatic heterocycles. The fraction of sp³-hybridized carbons (Fsp3) is 0.250. The van der Waals surface area contributed by atoms with Crippen molar-refractivity contribution in [1.82, 2.24) is 9.13 Å². The van der Waals surface area contributed by atoms with E-state index in [2.05, 4.69) is 0 Å². The molecule has 0 saturated heterocycles. The van der Waals surface area contributed by atoms with Crippen LogP contribution in [0.5, 0.6) is 0 Å². The maximum Gasteiger partial charge on any atom is 0.328 e. The molecule has 2 rings (SSSR count). The number of rotatable bonds is 4. The van der Waals surface area contributed by atoms with E-state index in [1.54, 1.807) is 12.4 Å². The molecule has 7 heteroatoms. The molecule has 1 aromatic heterocycles. The number of hydrogen-bond acceptors (Lipinski definition) is 3. The molecule has 6 nitrogen and oxygen atoms in total. The zero-order valence-electron chi connectivity index (χ0n) is 10.2. The van der Waals surface area contributed by atoms with Crippen LogP contribution in [-0.2, 0) is 13.1 Å². The van der Waals surface area contributed by atoms with Crippen molar-refractivity contribution in [3.05, 3.63) is 62.6 Å². The number of nitro benzene ring substituents is 1. The van der Waals surface area contributed by atoms with Crippen LogP contribution in [0.1, 0.15) is 12.5 Å². The van der Waals surface area contributed by atoms with E-state index in [1.165, 1.54) is 21.3 Å². The molecule has 0 atom stereocenters. The Morgan fingerprint density at radius 3 is 2.53 bits per heavy atom. The van der Waals surface area contributed by atoms with Crippen molar-refractivity contribution in [3.63, 3.8) is 0 Å². The van der Waals surface area contributed by atoms with E-state index in [-0.39, 0.29) is 17.9 Å². The lowest BCUT2D eigenvalue weighted by atomic mass is 10.2. The molecule has 0 N–H and O–H groups in total. The van der Waals surface area contributed by atoms with Gasteiger partial charge in [-0.15, -0.1) is 0 Å². The summed E-state index contributed by atoms with van der Waals surface area (Å²) in [5.74, 6) is -0.688. The van der Waals surface area contributed by atoms with Crippen molar-refractivity contribution >= 4 is 5.69 Å². The number of hydrogen-bond donors (Lipinski definition) is 0. The largest absolute Gasteiger partial charge is 0.328 e. The molecule has 1 aromatic carbocycles. The Morgan fingerprint density at radius 2 is 1.95 bits per heavy atom. The van der Waals surface area contributed by atoms with Crippen LogP contribution in [0.15, 0.2) is 35.4 Å². The number of benzene rings is 1. The molecular weight excluding hydrogens is 253 g/mol. The van der Waals surface area contributed by atoms with Gasteiger partial charge < -0.3 is 0 Å². The third-order valence-corrected chi connectivity index (χ3v) is 2.76. The summed E-state index contributed by atoms with van der Waals surface area (Å²) in [5.41, 5.74) is -0.171. The summed E-state index contributed by atoms with van der Waals surface area (Å²) in [6.45, 7) is 2.47. The van der Waals surface area contributed by atoms with Crippen LogP contribution < -0.4 is 5.69 Å². The summed E-state index contributed by atoms with van der Waals surface area (Å²) in [5, 5.41) is 10.6. The smallest absolute Gasteiger partial charge is 0.300 e. The summed E-state index contributed by atoms with van der Waals surface area (Å²) in [6.07, 6.45) is 3.19. The highest BCUT2D eigenvalue weighted by Gasteiger charge is 2.11. The average Bonchev–Trinajstić information content (AvgIpc) is 2.70. The number of imidazole rings is 1. The van der Waals surface area contributed by atoms with Crippen LogP contribution in [0.3, 0.4) is 0 Å². The highest BCUT2D eigenvalue weighted by atomic mass is 19.1. The van der Waals surface area contributed by atoms with E-state index < -0.39 is 10.7 Å². The standard InChI is InChI=1S/C12H12FN3O3/c1-2-14-3-4-15(12(14)17)8-9-5-10(13)7-11(6-9)16(18)19/h3-7H,2,8H2,1H3. The third kappa shape index (κ3) is 2.70. The number of nitrogens with zero attached hydrogens (tertiary/aromatic N) is 3. The molecule has 100 valence electrons. The minimum atomic E-state index is -0.688. The fourth-order valence-corrected chi connectivity index (χ4v) is 1.84. The lowest BCUT2D eigenvalue weighted by molar-refractivity contribution is -0.385. The lowest BCUT2D eigenvalue weighted by Gasteiger charge is -2.03. The van der Waals surface area contributed by atoms with Crippen molar-refractivity contribution in [1.29, 1.82) is 0 Å². The molecule has 1 heterocycles. The van der Waals surface area contributed by atoms with Gasteiger partial charge in [0.05, 0.1) is 17.5 Å². The van der Waals surface area contributed by atoms with E-state index in [4.69, 9.17) is 0 Å². The zero-order valence-corrected chi connectivity index (χ0v) is 10.2. The molecule has 0 unspecified atom stereocenters. The van der Waals surface area contributed by atoms with Crippen LogP contribution in [0.25, 0.3) is 0 Å². The van der Waals surface area contributed by atoms with Gasteiger partial charge in [-0.25, -0.2) is 9.18 Å². The van der Waals surface area contributed by atoms with E-state index in [1.807, 2.05) is 6.92 Å². The van der Waals surface area contributed by atoms with Crippen LogP contribution in [0.2, 0.25) is 0 Å². The summed E-state index contributed by atoms with van der Waals surface area (Å²) < 4.78 is 16.1. The van der Waals surface area contributed by atoms with Gasteiger partial charge in [0, 0.05) is 25.0 Å². The van der Waals surface area contributed by atoms with Gasteiger partial charge in [0.15, 0.2) is 0 Å². The monoisotopic (exact) mass is 265 g/mol. The minimum Gasteiger partial charge on any atom is -0.300 e. The molecular formula is C12H12FN3O3. The molecule has 0 aliphatic carbocycles. The van der Waals surface area contributed by atoms with Gasteiger partial charge in [0.2, 0.25) is 0 Å². The number of nitro groups is 1. The number of non-ortho nitro benzene ring substituents is 1. The highest BCUT2D eigenvalue weighted by Crippen LogP contribution is 2.16. The first-order valence-electron chi connectivity index (χ1n) is 5.70. The number of halogens is 1. The summed E-state index contributed by atoms with van der Waals surface area (Å²) in [6, 6.07) is 3.30. The molecule has 0 radical (unpaired) electrons. The van der Waals surface area contributed by atoms with Crippen LogP contribution in [0.4, 0.5) is 10.1 Å². The van der Waals surface area contributed by atoms with Crippen molar-refractivity contribution in [2.24, 2.45) is 0 Å². The molecule has 0 saturated carbocycles. The maximum atomic E-state index is 13.3. The molecule has 0 spiro atoms. The first-order chi connectivity index (χ1) is 9.01. The Labute approximate surface area is 107 Å². The zero-order chi connectivity index (χ0) is 14.0.